The summed E-state index contributed by atoms with van der Waals surface area (Å²) in [5, 5.41) is 13.4. The third-order valence-corrected chi connectivity index (χ3v) is 2.97. The van der Waals surface area contributed by atoms with E-state index in [9.17, 15) is 5.11 Å². The maximum Gasteiger partial charge on any atom is 0.0809 e. The highest BCUT2D eigenvalue weighted by atomic mass is 16.3. The fourth-order valence-electron chi connectivity index (χ4n) is 1.79. The van der Waals surface area contributed by atoms with Gasteiger partial charge in [0.2, 0.25) is 0 Å². The van der Waals surface area contributed by atoms with Crippen LogP contribution in [-0.4, -0.2) is 23.3 Å². The molecule has 1 heterocycles. The van der Waals surface area contributed by atoms with Crippen molar-refractivity contribution >= 4 is 0 Å². The van der Waals surface area contributed by atoms with Crippen LogP contribution in [0.3, 0.4) is 0 Å². The first-order valence-electron chi connectivity index (χ1n) is 5.00. The minimum atomic E-state index is -0.426. The molecule has 1 aliphatic heterocycles. The van der Waals surface area contributed by atoms with Crippen LogP contribution < -0.4 is 5.32 Å². The van der Waals surface area contributed by atoms with Crippen LogP contribution in [0.2, 0.25) is 0 Å². The van der Waals surface area contributed by atoms with Crippen molar-refractivity contribution in [2.75, 3.05) is 6.54 Å². The first kappa shape index (κ1) is 10.0. The summed E-state index contributed by atoms with van der Waals surface area (Å²) < 4.78 is 0. The van der Waals surface area contributed by atoms with E-state index in [0.29, 0.717) is 5.92 Å². The highest BCUT2D eigenvalue weighted by molar-refractivity contribution is 4.94. The summed E-state index contributed by atoms with van der Waals surface area (Å²) >= 11 is 0. The van der Waals surface area contributed by atoms with Crippen LogP contribution in [0.1, 0.15) is 40.0 Å². The zero-order valence-electron chi connectivity index (χ0n) is 8.43. The van der Waals surface area contributed by atoms with Crippen LogP contribution in [0.15, 0.2) is 0 Å². The predicted molar refractivity (Wildman–Crippen MR) is 51.1 cm³/mol. The molecule has 0 aromatic rings. The van der Waals surface area contributed by atoms with E-state index in [-0.39, 0.29) is 6.04 Å². The molecule has 2 N–H and O–H groups in total. The Labute approximate surface area is 75.4 Å². The van der Waals surface area contributed by atoms with Crippen molar-refractivity contribution in [3.8, 4) is 0 Å². The number of rotatable bonds is 3. The summed E-state index contributed by atoms with van der Waals surface area (Å²) in [4.78, 5) is 0. The Balaban J connectivity index is 2.37. The van der Waals surface area contributed by atoms with Gasteiger partial charge in [-0.15, -0.1) is 0 Å². The first-order chi connectivity index (χ1) is 5.54. The molecule has 1 rings (SSSR count). The van der Waals surface area contributed by atoms with E-state index in [2.05, 4.69) is 26.1 Å². The van der Waals surface area contributed by atoms with Gasteiger partial charge in [-0.05, 0) is 38.6 Å². The van der Waals surface area contributed by atoms with Gasteiger partial charge in [-0.2, -0.15) is 0 Å². The van der Waals surface area contributed by atoms with Gasteiger partial charge >= 0.3 is 0 Å². The number of nitrogens with one attached hydrogen (secondary N) is 1. The van der Waals surface area contributed by atoms with Crippen LogP contribution in [-0.2, 0) is 0 Å². The lowest BCUT2D eigenvalue weighted by atomic mass is 9.88. The maximum atomic E-state index is 10.1. The van der Waals surface area contributed by atoms with E-state index in [1.54, 1.807) is 0 Å². The van der Waals surface area contributed by atoms with Gasteiger partial charge in [-0.3, -0.25) is 0 Å². The minimum Gasteiger partial charge on any atom is -0.388 e. The highest BCUT2D eigenvalue weighted by Crippen LogP contribution is 2.27. The summed E-state index contributed by atoms with van der Waals surface area (Å²) in [6, 6.07) is 0.274. The first-order valence-corrected chi connectivity index (χ1v) is 5.00. The molecule has 2 unspecified atom stereocenters. The zero-order chi connectivity index (χ0) is 9.19. The van der Waals surface area contributed by atoms with Gasteiger partial charge < -0.3 is 10.4 Å². The average Bonchev–Trinajstić information content (AvgIpc) is 2.30. The van der Waals surface area contributed by atoms with Crippen LogP contribution in [0.4, 0.5) is 0 Å². The lowest BCUT2D eigenvalue weighted by Gasteiger charge is -2.27. The normalized spacial score (nSPS) is 36.2. The topological polar surface area (TPSA) is 32.3 Å². The molecule has 2 heteroatoms. The van der Waals surface area contributed by atoms with Gasteiger partial charge in [-0.1, -0.05) is 13.8 Å². The standard InChI is InChI=1S/C10H21NO/c1-8(2)4-5-10(12)6-7-11-9(10)3/h8-9,11-12H,4-7H2,1-3H3. The highest BCUT2D eigenvalue weighted by Gasteiger charge is 2.37. The fourth-order valence-corrected chi connectivity index (χ4v) is 1.79. The quantitative estimate of drug-likeness (QED) is 0.675. The third-order valence-electron chi connectivity index (χ3n) is 2.97. The molecule has 72 valence electrons. The number of aliphatic hydroxyl groups is 1. The van der Waals surface area contributed by atoms with E-state index in [4.69, 9.17) is 0 Å². The fraction of sp³-hybridized carbons (Fsp3) is 1.00. The maximum absolute atomic E-state index is 10.1. The molecular formula is C10H21NO. The Morgan fingerprint density at radius 2 is 2.25 bits per heavy atom. The summed E-state index contributed by atoms with van der Waals surface area (Å²) in [6.45, 7) is 7.45. The van der Waals surface area contributed by atoms with E-state index in [1.807, 2.05) is 0 Å². The molecule has 0 amide bonds. The Morgan fingerprint density at radius 1 is 1.58 bits per heavy atom. The van der Waals surface area contributed by atoms with Crippen LogP contribution in [0.5, 0.6) is 0 Å². The molecule has 2 nitrogen and oxygen atoms in total. The van der Waals surface area contributed by atoms with Crippen molar-refractivity contribution < 1.29 is 5.11 Å². The summed E-state index contributed by atoms with van der Waals surface area (Å²) in [5.74, 6) is 0.696. The summed E-state index contributed by atoms with van der Waals surface area (Å²) in [7, 11) is 0. The monoisotopic (exact) mass is 171 g/mol. The summed E-state index contributed by atoms with van der Waals surface area (Å²) in [5.41, 5.74) is -0.426. The van der Waals surface area contributed by atoms with Crippen molar-refractivity contribution in [2.24, 2.45) is 5.92 Å². The molecule has 0 bridgehead atoms. The molecule has 1 saturated heterocycles. The van der Waals surface area contributed by atoms with Crippen molar-refractivity contribution in [3.05, 3.63) is 0 Å². The van der Waals surface area contributed by atoms with Gasteiger partial charge in [0.15, 0.2) is 0 Å². The van der Waals surface area contributed by atoms with Gasteiger partial charge in [0, 0.05) is 6.04 Å². The van der Waals surface area contributed by atoms with E-state index >= 15 is 0 Å². The van der Waals surface area contributed by atoms with Crippen molar-refractivity contribution in [1.29, 1.82) is 0 Å². The second kappa shape index (κ2) is 3.75. The van der Waals surface area contributed by atoms with E-state index < -0.39 is 5.60 Å². The Bertz CT molecular complexity index is 147. The molecular weight excluding hydrogens is 150 g/mol. The Hall–Kier alpha value is -0.0800. The molecule has 1 fully saturated rings. The number of hydrogen-bond acceptors (Lipinski definition) is 2. The average molecular weight is 171 g/mol. The third kappa shape index (κ3) is 2.20. The largest absolute Gasteiger partial charge is 0.388 e. The smallest absolute Gasteiger partial charge is 0.0809 e. The molecule has 0 aromatic heterocycles. The van der Waals surface area contributed by atoms with Crippen molar-refractivity contribution in [3.63, 3.8) is 0 Å². The van der Waals surface area contributed by atoms with Gasteiger partial charge in [0.05, 0.1) is 5.60 Å². The SMILES string of the molecule is CC(C)CCC1(O)CCNC1C. The number of hydrogen-bond donors (Lipinski definition) is 2. The Kier molecular flexibility index (Phi) is 3.13. The lowest BCUT2D eigenvalue weighted by Crippen LogP contribution is -2.40. The van der Waals surface area contributed by atoms with Gasteiger partial charge in [0.25, 0.3) is 0 Å². The van der Waals surface area contributed by atoms with Crippen LogP contribution in [0, 0.1) is 5.92 Å². The minimum absolute atomic E-state index is 0.274. The van der Waals surface area contributed by atoms with Crippen molar-refractivity contribution in [2.45, 2.75) is 51.7 Å². The van der Waals surface area contributed by atoms with Crippen LogP contribution in [0.25, 0.3) is 0 Å². The molecule has 0 saturated carbocycles. The molecule has 12 heavy (non-hydrogen) atoms. The molecule has 1 aliphatic rings. The molecule has 0 radical (unpaired) electrons. The van der Waals surface area contributed by atoms with Crippen LogP contribution >= 0.6 is 0 Å². The summed E-state index contributed by atoms with van der Waals surface area (Å²) in [6.07, 6.45) is 2.99. The van der Waals surface area contributed by atoms with Crippen molar-refractivity contribution in [1.82, 2.24) is 5.32 Å². The molecule has 0 aliphatic carbocycles. The molecule has 0 spiro atoms. The second-order valence-electron chi connectivity index (χ2n) is 4.46. The van der Waals surface area contributed by atoms with E-state index in [1.165, 1.54) is 0 Å². The van der Waals surface area contributed by atoms with Gasteiger partial charge in [-0.25, -0.2) is 0 Å². The van der Waals surface area contributed by atoms with E-state index in [0.717, 1.165) is 25.8 Å². The molecule has 2 atom stereocenters. The predicted octanol–water partition coefficient (Wildman–Crippen LogP) is 1.54. The Morgan fingerprint density at radius 3 is 2.67 bits per heavy atom. The second-order valence-corrected chi connectivity index (χ2v) is 4.46. The zero-order valence-corrected chi connectivity index (χ0v) is 8.43. The lowest BCUT2D eigenvalue weighted by molar-refractivity contribution is 0.0196. The molecule has 0 aromatic carbocycles. The van der Waals surface area contributed by atoms with Gasteiger partial charge in [0.1, 0.15) is 0 Å².